The van der Waals surface area contributed by atoms with Gasteiger partial charge in [-0.05, 0) is 29.8 Å². The van der Waals surface area contributed by atoms with Crippen LogP contribution in [0.1, 0.15) is 5.56 Å². The second-order valence-corrected chi connectivity index (χ2v) is 4.06. The summed E-state index contributed by atoms with van der Waals surface area (Å²) < 4.78 is 5.02. The van der Waals surface area contributed by atoms with Crippen LogP contribution < -0.4 is 11.1 Å². The van der Waals surface area contributed by atoms with E-state index in [4.69, 9.17) is 10.5 Å². The normalized spacial score (nSPS) is 10.4. The first-order chi connectivity index (χ1) is 9.74. The maximum atomic E-state index is 11.4. The number of nitrogen functional groups attached to an aromatic ring is 1. The minimum Gasteiger partial charge on any atom is -0.444 e. The van der Waals surface area contributed by atoms with E-state index < -0.39 is 6.09 Å². The highest BCUT2D eigenvalue weighted by molar-refractivity contribution is 5.83. The van der Waals surface area contributed by atoms with Gasteiger partial charge in [0.15, 0.2) is 0 Å². The molecule has 0 bridgehead atoms. The zero-order valence-corrected chi connectivity index (χ0v) is 10.8. The number of nitrogens with two attached hydrogens (primary N) is 1. The van der Waals surface area contributed by atoms with E-state index in [1.165, 1.54) is 6.34 Å². The Hall–Kier alpha value is -2.82. The quantitative estimate of drug-likeness (QED) is 0.509. The fourth-order valence-corrected chi connectivity index (χ4v) is 1.48. The molecule has 0 saturated heterocycles. The first-order valence-electron chi connectivity index (χ1n) is 6.09. The molecule has 0 aliphatic rings. The van der Waals surface area contributed by atoms with Crippen molar-refractivity contribution >= 4 is 23.8 Å². The van der Waals surface area contributed by atoms with E-state index in [0.29, 0.717) is 11.4 Å². The van der Waals surface area contributed by atoms with Crippen LogP contribution in [0.2, 0.25) is 0 Å². The molecule has 5 heteroatoms. The molecule has 3 N–H and O–H groups in total. The summed E-state index contributed by atoms with van der Waals surface area (Å²) in [7, 11) is 0. The summed E-state index contributed by atoms with van der Waals surface area (Å²) in [6.07, 6.45) is 0.742. The molecular formula is C15H15N3O2. The molecule has 0 fully saturated rings. The van der Waals surface area contributed by atoms with Gasteiger partial charge in [0, 0.05) is 5.69 Å². The summed E-state index contributed by atoms with van der Waals surface area (Å²) in [6.45, 7) is 0.225. The molecule has 0 aliphatic carbocycles. The maximum absolute atomic E-state index is 11.4. The number of ether oxygens (including phenoxy) is 1. The lowest BCUT2D eigenvalue weighted by molar-refractivity contribution is 0.145. The number of rotatable bonds is 4. The van der Waals surface area contributed by atoms with E-state index in [0.717, 1.165) is 5.56 Å². The Labute approximate surface area is 117 Å². The molecule has 102 valence electrons. The number of anilines is 1. The zero-order chi connectivity index (χ0) is 14.2. The van der Waals surface area contributed by atoms with E-state index in [-0.39, 0.29) is 6.61 Å². The molecule has 0 aliphatic heterocycles. The molecule has 0 aromatic heterocycles. The molecule has 1 amide bonds. The van der Waals surface area contributed by atoms with Crippen molar-refractivity contribution in [2.75, 3.05) is 5.73 Å². The number of nitrogens with one attached hydrogen (secondary N) is 1. The van der Waals surface area contributed by atoms with Crippen LogP contribution in [0.4, 0.5) is 16.2 Å². The predicted molar refractivity (Wildman–Crippen MR) is 78.8 cm³/mol. The minimum absolute atomic E-state index is 0.225. The summed E-state index contributed by atoms with van der Waals surface area (Å²) in [4.78, 5) is 15.5. The zero-order valence-electron chi connectivity index (χ0n) is 10.8. The van der Waals surface area contributed by atoms with E-state index in [1.54, 1.807) is 24.3 Å². The van der Waals surface area contributed by atoms with Gasteiger partial charge < -0.3 is 10.5 Å². The molecule has 2 aromatic rings. The van der Waals surface area contributed by atoms with Crippen molar-refractivity contribution in [3.63, 3.8) is 0 Å². The van der Waals surface area contributed by atoms with Gasteiger partial charge in [0.05, 0.1) is 12.0 Å². The molecule has 0 unspecified atom stereocenters. The highest BCUT2D eigenvalue weighted by Crippen LogP contribution is 2.12. The van der Waals surface area contributed by atoms with Crippen LogP contribution in [-0.2, 0) is 11.3 Å². The van der Waals surface area contributed by atoms with Gasteiger partial charge in [-0.15, -0.1) is 0 Å². The number of alkyl carbamates (subject to hydrolysis) is 1. The summed E-state index contributed by atoms with van der Waals surface area (Å²) >= 11 is 0. The lowest BCUT2D eigenvalue weighted by Gasteiger charge is -2.03. The average molecular weight is 269 g/mol. The van der Waals surface area contributed by atoms with Crippen molar-refractivity contribution in [2.45, 2.75) is 6.61 Å². The van der Waals surface area contributed by atoms with Gasteiger partial charge in [-0.25, -0.2) is 9.79 Å². The number of carbonyl (C=O) groups excluding carboxylic acids is 1. The largest absolute Gasteiger partial charge is 0.444 e. The Bertz CT molecular complexity index is 580. The van der Waals surface area contributed by atoms with Crippen LogP contribution in [0.3, 0.4) is 0 Å². The van der Waals surface area contributed by atoms with Crippen LogP contribution >= 0.6 is 0 Å². The molecule has 0 spiro atoms. The van der Waals surface area contributed by atoms with Gasteiger partial charge in [0.25, 0.3) is 0 Å². The van der Waals surface area contributed by atoms with E-state index in [9.17, 15) is 4.79 Å². The highest BCUT2D eigenvalue weighted by atomic mass is 16.5. The van der Waals surface area contributed by atoms with Gasteiger partial charge in [-0.2, -0.15) is 0 Å². The van der Waals surface area contributed by atoms with Crippen molar-refractivity contribution < 1.29 is 9.53 Å². The monoisotopic (exact) mass is 269 g/mol. The fourth-order valence-electron chi connectivity index (χ4n) is 1.48. The second-order valence-electron chi connectivity index (χ2n) is 4.06. The number of hydrogen-bond donors (Lipinski definition) is 2. The smallest absolute Gasteiger partial charge is 0.412 e. The Morgan fingerprint density at radius 3 is 2.55 bits per heavy atom. The van der Waals surface area contributed by atoms with Crippen molar-refractivity contribution in [1.82, 2.24) is 5.32 Å². The molecule has 2 rings (SSSR count). The van der Waals surface area contributed by atoms with Crippen molar-refractivity contribution in [1.29, 1.82) is 0 Å². The summed E-state index contributed by atoms with van der Waals surface area (Å²) in [5.74, 6) is 0. The third-order valence-corrected chi connectivity index (χ3v) is 2.50. The summed E-state index contributed by atoms with van der Waals surface area (Å²) in [6, 6.07) is 16.4. The Morgan fingerprint density at radius 1 is 1.15 bits per heavy atom. The van der Waals surface area contributed by atoms with E-state index >= 15 is 0 Å². The third kappa shape index (κ3) is 4.45. The van der Waals surface area contributed by atoms with Crippen LogP contribution in [0, 0.1) is 0 Å². The molecule has 0 atom stereocenters. The maximum Gasteiger partial charge on any atom is 0.412 e. The first-order valence-corrected chi connectivity index (χ1v) is 6.09. The standard InChI is InChI=1S/C15H15N3O2/c16-13-6-8-14(9-7-13)17-11-18-15(19)20-10-12-4-2-1-3-5-12/h1-9,11H,10,16H2,(H,17,18,19). The Kier molecular flexibility index (Phi) is 4.72. The number of carbonyl (C=O) groups is 1. The lowest BCUT2D eigenvalue weighted by atomic mass is 10.2. The molecule has 5 nitrogen and oxygen atoms in total. The van der Waals surface area contributed by atoms with Crippen LogP contribution in [-0.4, -0.2) is 12.4 Å². The number of hydrogen-bond acceptors (Lipinski definition) is 4. The lowest BCUT2D eigenvalue weighted by Crippen LogP contribution is -2.22. The third-order valence-electron chi connectivity index (χ3n) is 2.50. The molecule has 2 aromatic carbocycles. The number of nitrogens with zero attached hydrogens (tertiary/aromatic N) is 1. The summed E-state index contributed by atoms with van der Waals surface area (Å²) in [5, 5.41) is 2.43. The minimum atomic E-state index is -0.548. The number of benzene rings is 2. The summed E-state index contributed by atoms with van der Waals surface area (Å²) in [5.41, 5.74) is 7.85. The highest BCUT2D eigenvalue weighted by Gasteiger charge is 1.99. The predicted octanol–water partition coefficient (Wildman–Crippen LogP) is 2.86. The van der Waals surface area contributed by atoms with E-state index in [1.807, 2.05) is 30.3 Å². The molecular weight excluding hydrogens is 254 g/mol. The van der Waals surface area contributed by atoms with Crippen LogP contribution in [0.5, 0.6) is 0 Å². The molecule has 0 radical (unpaired) electrons. The molecule has 0 saturated carbocycles. The second kappa shape index (κ2) is 6.94. The Balaban J connectivity index is 1.76. The van der Waals surface area contributed by atoms with Gasteiger partial charge >= 0.3 is 6.09 Å². The molecule has 0 heterocycles. The van der Waals surface area contributed by atoms with Crippen molar-refractivity contribution in [3.05, 3.63) is 60.2 Å². The Morgan fingerprint density at radius 2 is 1.85 bits per heavy atom. The van der Waals surface area contributed by atoms with E-state index in [2.05, 4.69) is 10.3 Å². The number of aliphatic imine (C=N–C) groups is 1. The number of amides is 1. The first kappa shape index (κ1) is 13.6. The fraction of sp³-hybridized carbons (Fsp3) is 0.0667. The van der Waals surface area contributed by atoms with Gasteiger partial charge in [-0.3, -0.25) is 5.32 Å². The van der Waals surface area contributed by atoms with Gasteiger partial charge in [-0.1, -0.05) is 30.3 Å². The van der Waals surface area contributed by atoms with Crippen molar-refractivity contribution in [2.24, 2.45) is 4.99 Å². The van der Waals surface area contributed by atoms with Gasteiger partial charge in [0.2, 0.25) is 0 Å². The van der Waals surface area contributed by atoms with Crippen LogP contribution in [0.25, 0.3) is 0 Å². The SMILES string of the molecule is Nc1ccc(N=CNC(=O)OCc2ccccc2)cc1. The van der Waals surface area contributed by atoms with Gasteiger partial charge in [0.1, 0.15) is 6.61 Å². The van der Waals surface area contributed by atoms with Crippen LogP contribution in [0.15, 0.2) is 59.6 Å². The van der Waals surface area contributed by atoms with Crippen molar-refractivity contribution in [3.8, 4) is 0 Å². The molecule has 20 heavy (non-hydrogen) atoms. The average Bonchev–Trinajstić information content (AvgIpc) is 2.48. The topological polar surface area (TPSA) is 76.7 Å².